The molecule has 5 rings (SSSR count). The third kappa shape index (κ3) is 1.99. The number of pyridine rings is 1. The van der Waals surface area contributed by atoms with Gasteiger partial charge >= 0.3 is 6.03 Å². The summed E-state index contributed by atoms with van der Waals surface area (Å²) >= 11 is 0. The van der Waals surface area contributed by atoms with Crippen LogP contribution >= 0.6 is 0 Å². The quantitative estimate of drug-likeness (QED) is 0.743. The largest absolute Gasteiger partial charge is 0.335 e. The smallest absolute Gasteiger partial charge is 0.332 e. The number of anilines is 1. The standard InChI is InChI=1S/C20H17N5O3/c1-2-17(26)23-10-11-7-15(23)18-19(27)25(20(28)24(11)18)16-9-22-14(8-21)12-5-3-4-6-13(12)16/h3-6,9,11,15,18H,2,7,10H2,1H3. The lowest BCUT2D eigenvalue weighted by molar-refractivity contribution is -0.135. The summed E-state index contributed by atoms with van der Waals surface area (Å²) in [4.78, 5) is 47.4. The molecule has 3 aliphatic rings. The minimum Gasteiger partial charge on any atom is -0.335 e. The van der Waals surface area contributed by atoms with Crippen molar-refractivity contribution in [2.75, 3.05) is 11.4 Å². The highest BCUT2D eigenvalue weighted by Crippen LogP contribution is 2.43. The number of nitriles is 1. The number of hydrogen-bond donors (Lipinski definition) is 0. The van der Waals surface area contributed by atoms with Crippen LogP contribution in [0.25, 0.3) is 10.8 Å². The summed E-state index contributed by atoms with van der Waals surface area (Å²) in [7, 11) is 0. The van der Waals surface area contributed by atoms with Crippen molar-refractivity contribution in [3.8, 4) is 6.07 Å². The Balaban J connectivity index is 1.59. The highest BCUT2D eigenvalue weighted by Gasteiger charge is 2.62. The van der Waals surface area contributed by atoms with Crippen molar-refractivity contribution in [3.05, 3.63) is 36.2 Å². The fourth-order valence-corrected chi connectivity index (χ4v) is 4.81. The summed E-state index contributed by atoms with van der Waals surface area (Å²) in [5, 5.41) is 10.5. The van der Waals surface area contributed by atoms with E-state index in [1.165, 1.54) is 11.1 Å². The Morgan fingerprint density at radius 1 is 1.29 bits per heavy atom. The van der Waals surface area contributed by atoms with Crippen LogP contribution in [0.2, 0.25) is 0 Å². The average Bonchev–Trinajstić information content (AvgIpc) is 3.38. The molecule has 3 atom stereocenters. The van der Waals surface area contributed by atoms with Crippen LogP contribution in [0.4, 0.5) is 10.5 Å². The predicted octanol–water partition coefficient (Wildman–Crippen LogP) is 1.64. The number of hydrogen-bond acceptors (Lipinski definition) is 5. The molecule has 3 aliphatic heterocycles. The molecule has 3 unspecified atom stereocenters. The lowest BCUT2D eigenvalue weighted by Crippen LogP contribution is -2.54. The maximum Gasteiger partial charge on any atom is 0.332 e. The number of aromatic nitrogens is 1. The van der Waals surface area contributed by atoms with Crippen LogP contribution in [-0.2, 0) is 9.59 Å². The van der Waals surface area contributed by atoms with Gasteiger partial charge < -0.3 is 9.80 Å². The summed E-state index contributed by atoms with van der Waals surface area (Å²) in [6.45, 7) is 2.28. The molecule has 0 N–H and O–H groups in total. The SMILES string of the molecule is CCC(=O)N1CC2CC1C1C(=O)N(c3cnc(C#N)c4ccccc34)C(=O)N21. The fourth-order valence-electron chi connectivity index (χ4n) is 4.81. The number of fused-ring (bicyclic) bond motifs is 6. The van der Waals surface area contributed by atoms with Crippen molar-refractivity contribution in [1.29, 1.82) is 5.26 Å². The fraction of sp³-hybridized carbons (Fsp3) is 0.350. The molecule has 3 saturated heterocycles. The predicted molar refractivity (Wildman–Crippen MR) is 99.2 cm³/mol. The lowest BCUT2D eigenvalue weighted by Gasteiger charge is -2.34. The van der Waals surface area contributed by atoms with E-state index in [1.54, 1.807) is 41.0 Å². The summed E-state index contributed by atoms with van der Waals surface area (Å²) in [6, 6.07) is 7.74. The number of amides is 4. The zero-order chi connectivity index (χ0) is 19.6. The molecule has 0 saturated carbocycles. The van der Waals surface area contributed by atoms with E-state index < -0.39 is 6.04 Å². The second-order valence-corrected chi connectivity index (χ2v) is 7.31. The van der Waals surface area contributed by atoms with Crippen molar-refractivity contribution in [1.82, 2.24) is 14.8 Å². The van der Waals surface area contributed by atoms with Crippen LogP contribution in [0.3, 0.4) is 0 Å². The summed E-state index contributed by atoms with van der Waals surface area (Å²) in [5.41, 5.74) is 0.630. The molecular formula is C20H17N5O3. The van der Waals surface area contributed by atoms with Crippen molar-refractivity contribution in [2.24, 2.45) is 0 Å². The van der Waals surface area contributed by atoms with Crippen molar-refractivity contribution < 1.29 is 14.4 Å². The summed E-state index contributed by atoms with van der Waals surface area (Å²) < 4.78 is 0. The molecule has 1 aromatic carbocycles. The van der Waals surface area contributed by atoms with Gasteiger partial charge in [0.1, 0.15) is 17.8 Å². The third-order valence-corrected chi connectivity index (χ3v) is 6.01. The van der Waals surface area contributed by atoms with Gasteiger partial charge in [0.25, 0.3) is 5.91 Å². The molecule has 0 radical (unpaired) electrons. The molecule has 8 heteroatoms. The zero-order valence-corrected chi connectivity index (χ0v) is 15.2. The van der Waals surface area contributed by atoms with E-state index in [0.717, 1.165) is 0 Å². The highest BCUT2D eigenvalue weighted by molar-refractivity contribution is 6.25. The van der Waals surface area contributed by atoms with Gasteiger partial charge in [-0.15, -0.1) is 0 Å². The molecule has 2 aromatic rings. The number of piperazine rings is 1. The molecule has 4 amide bonds. The molecule has 0 spiro atoms. The topological polar surface area (TPSA) is 97.6 Å². The maximum atomic E-state index is 13.3. The minimum absolute atomic E-state index is 0.0105. The van der Waals surface area contributed by atoms with E-state index in [2.05, 4.69) is 4.98 Å². The van der Waals surface area contributed by atoms with Gasteiger partial charge in [-0.1, -0.05) is 31.2 Å². The van der Waals surface area contributed by atoms with Crippen LogP contribution in [0, 0.1) is 11.3 Å². The first-order valence-corrected chi connectivity index (χ1v) is 9.30. The molecule has 3 fully saturated rings. The van der Waals surface area contributed by atoms with Crippen LogP contribution in [-0.4, -0.2) is 57.3 Å². The van der Waals surface area contributed by atoms with E-state index in [0.29, 0.717) is 35.8 Å². The molecular weight excluding hydrogens is 358 g/mol. The van der Waals surface area contributed by atoms with Crippen molar-refractivity contribution in [2.45, 2.75) is 37.9 Å². The van der Waals surface area contributed by atoms with Gasteiger partial charge in [0.2, 0.25) is 5.91 Å². The van der Waals surface area contributed by atoms with E-state index >= 15 is 0 Å². The number of imide groups is 1. The van der Waals surface area contributed by atoms with E-state index in [9.17, 15) is 19.6 Å². The van der Waals surface area contributed by atoms with E-state index in [-0.39, 0.29) is 35.6 Å². The molecule has 140 valence electrons. The second-order valence-electron chi connectivity index (χ2n) is 7.31. The van der Waals surface area contributed by atoms with Gasteiger partial charge in [-0.2, -0.15) is 5.26 Å². The Bertz CT molecular complexity index is 1090. The van der Waals surface area contributed by atoms with Gasteiger partial charge in [0.05, 0.1) is 24.0 Å². The van der Waals surface area contributed by atoms with Crippen LogP contribution in [0.1, 0.15) is 25.5 Å². The van der Waals surface area contributed by atoms with E-state index in [4.69, 9.17) is 0 Å². The first-order chi connectivity index (χ1) is 13.6. The number of urea groups is 1. The second kappa shape index (κ2) is 5.76. The van der Waals surface area contributed by atoms with Crippen LogP contribution in [0.5, 0.6) is 0 Å². The summed E-state index contributed by atoms with van der Waals surface area (Å²) in [6.07, 6.45) is 2.44. The maximum absolute atomic E-state index is 13.3. The third-order valence-electron chi connectivity index (χ3n) is 6.01. The summed E-state index contributed by atoms with van der Waals surface area (Å²) in [5.74, 6) is -0.320. The average molecular weight is 375 g/mol. The first-order valence-electron chi connectivity index (χ1n) is 9.30. The minimum atomic E-state index is -0.642. The monoisotopic (exact) mass is 375 g/mol. The number of rotatable bonds is 2. The highest BCUT2D eigenvalue weighted by atomic mass is 16.2. The molecule has 2 bridgehead atoms. The van der Waals surface area contributed by atoms with Crippen LogP contribution in [0.15, 0.2) is 30.5 Å². The number of carbonyl (C=O) groups excluding carboxylic acids is 3. The Labute approximate surface area is 160 Å². The lowest BCUT2D eigenvalue weighted by atomic mass is 10.1. The molecule has 4 heterocycles. The Hall–Kier alpha value is -3.47. The molecule has 28 heavy (non-hydrogen) atoms. The Morgan fingerprint density at radius 3 is 2.75 bits per heavy atom. The number of nitrogens with zero attached hydrogens (tertiary/aromatic N) is 5. The van der Waals surface area contributed by atoms with Gasteiger partial charge in [-0.3, -0.25) is 9.59 Å². The van der Waals surface area contributed by atoms with Gasteiger partial charge in [0, 0.05) is 23.7 Å². The first kappa shape index (κ1) is 16.7. The van der Waals surface area contributed by atoms with Crippen molar-refractivity contribution in [3.63, 3.8) is 0 Å². The normalized spacial score (nSPS) is 25.6. The van der Waals surface area contributed by atoms with Gasteiger partial charge in [0.15, 0.2) is 0 Å². The number of carbonyl (C=O) groups is 3. The van der Waals surface area contributed by atoms with Gasteiger partial charge in [-0.05, 0) is 6.42 Å². The molecule has 1 aromatic heterocycles. The van der Waals surface area contributed by atoms with Crippen molar-refractivity contribution >= 4 is 34.3 Å². The molecule has 0 aliphatic carbocycles. The Kier molecular flexibility index (Phi) is 3.43. The number of benzene rings is 1. The van der Waals surface area contributed by atoms with E-state index in [1.807, 2.05) is 6.07 Å². The number of likely N-dealkylation sites (tertiary alicyclic amines) is 1. The molecule has 8 nitrogen and oxygen atoms in total. The van der Waals surface area contributed by atoms with Gasteiger partial charge in [-0.25, -0.2) is 14.7 Å². The zero-order valence-electron chi connectivity index (χ0n) is 15.2. The van der Waals surface area contributed by atoms with Crippen LogP contribution < -0.4 is 4.90 Å². The Morgan fingerprint density at radius 2 is 2.04 bits per heavy atom.